The van der Waals surface area contributed by atoms with E-state index in [9.17, 15) is 13.5 Å². The Kier molecular flexibility index (Phi) is 8.74. The third-order valence-electron chi connectivity index (χ3n) is 3.68. The summed E-state index contributed by atoms with van der Waals surface area (Å²) in [4.78, 5) is 0.951. The average Bonchev–Trinajstić information content (AvgIpc) is 2.69. The molecule has 0 radical (unpaired) electrons. The number of sulfonamides is 1. The Balaban J connectivity index is 1.93. The van der Waals surface area contributed by atoms with Crippen molar-refractivity contribution in [1.29, 1.82) is 0 Å². The van der Waals surface area contributed by atoms with Crippen LogP contribution >= 0.6 is 11.8 Å². The van der Waals surface area contributed by atoms with Crippen LogP contribution in [0.25, 0.3) is 0 Å². The Morgan fingerprint density at radius 2 is 1.64 bits per heavy atom. The molecule has 0 bridgehead atoms. The first-order valence-corrected chi connectivity index (χ1v) is 13.5. The summed E-state index contributed by atoms with van der Waals surface area (Å²) < 4.78 is 40.4. The average molecular weight is 541 g/mol. The molecule has 0 amide bonds. The molecule has 0 aromatic heterocycles. The summed E-state index contributed by atoms with van der Waals surface area (Å²) in [6, 6.07) is 10.2. The monoisotopic (exact) mass is 543 g/mol. The van der Waals surface area contributed by atoms with Gasteiger partial charge in [0.1, 0.15) is 0 Å². The molecule has 2 aromatic carbocycles. The molecule has 2 rings (SSSR count). The van der Waals surface area contributed by atoms with E-state index in [2.05, 4.69) is 0 Å². The summed E-state index contributed by atoms with van der Waals surface area (Å²) in [6.45, 7) is 0. The molecular formula is C18H23NO6S2Te. The van der Waals surface area contributed by atoms with Crippen LogP contribution in [0.2, 0.25) is 4.47 Å². The van der Waals surface area contributed by atoms with Gasteiger partial charge < -0.3 is 0 Å². The Labute approximate surface area is 179 Å². The van der Waals surface area contributed by atoms with E-state index in [4.69, 9.17) is 19.3 Å². The molecule has 0 aliphatic rings. The number of benzene rings is 2. The summed E-state index contributed by atoms with van der Waals surface area (Å²) in [5.41, 5.74) is 0. The SMILES string of the molecule is COc1cc([Te]CC(O)CSc2ccc(S(N)(=O)=O)cc2)cc(OC)c1OC. The number of nitrogens with two attached hydrogens (primary N) is 1. The third-order valence-corrected chi connectivity index (χ3v) is 8.96. The van der Waals surface area contributed by atoms with E-state index in [-0.39, 0.29) is 4.90 Å². The molecule has 2 aromatic rings. The molecule has 1 atom stereocenters. The predicted molar refractivity (Wildman–Crippen MR) is 111 cm³/mol. The summed E-state index contributed by atoms with van der Waals surface area (Å²) in [5, 5.41) is 15.4. The van der Waals surface area contributed by atoms with Gasteiger partial charge in [-0.25, -0.2) is 0 Å². The van der Waals surface area contributed by atoms with Crippen molar-refractivity contribution in [2.45, 2.75) is 20.4 Å². The van der Waals surface area contributed by atoms with Gasteiger partial charge in [-0.15, -0.1) is 0 Å². The Hall–Kier alpha value is -1.15. The molecule has 28 heavy (non-hydrogen) atoms. The van der Waals surface area contributed by atoms with Gasteiger partial charge in [-0.1, -0.05) is 0 Å². The number of hydrogen-bond donors (Lipinski definition) is 2. The van der Waals surface area contributed by atoms with E-state index in [1.165, 1.54) is 23.9 Å². The fourth-order valence-corrected chi connectivity index (χ4v) is 6.63. The molecule has 0 spiro atoms. The molecule has 10 heteroatoms. The summed E-state index contributed by atoms with van der Waals surface area (Å²) in [5.74, 6) is 2.30. The van der Waals surface area contributed by atoms with Gasteiger partial charge in [-0.2, -0.15) is 0 Å². The fraction of sp³-hybridized carbons (Fsp3) is 0.333. The van der Waals surface area contributed by atoms with Crippen molar-refractivity contribution in [2.75, 3.05) is 27.1 Å². The molecule has 0 aliphatic carbocycles. The molecule has 3 N–H and O–H groups in total. The van der Waals surface area contributed by atoms with E-state index >= 15 is 0 Å². The van der Waals surface area contributed by atoms with Crippen molar-refractivity contribution in [3.05, 3.63) is 36.4 Å². The maximum absolute atomic E-state index is 11.3. The second kappa shape index (κ2) is 10.6. The number of aliphatic hydroxyl groups excluding tert-OH is 1. The van der Waals surface area contributed by atoms with Crippen molar-refractivity contribution >= 4 is 46.3 Å². The van der Waals surface area contributed by atoms with Gasteiger partial charge in [0, 0.05) is 0 Å². The van der Waals surface area contributed by atoms with E-state index < -0.39 is 37.1 Å². The number of hydrogen-bond acceptors (Lipinski definition) is 7. The van der Waals surface area contributed by atoms with E-state index in [1.54, 1.807) is 33.5 Å². The van der Waals surface area contributed by atoms with E-state index in [1.807, 2.05) is 12.1 Å². The number of methoxy groups -OCH3 is 3. The van der Waals surface area contributed by atoms with Crippen LogP contribution in [0, 0.1) is 0 Å². The van der Waals surface area contributed by atoms with Crippen LogP contribution in [-0.2, 0) is 10.0 Å². The minimum absolute atomic E-state index is 0.0757. The zero-order valence-electron chi connectivity index (χ0n) is 15.7. The Morgan fingerprint density at radius 3 is 2.11 bits per heavy atom. The summed E-state index contributed by atoms with van der Waals surface area (Å²) in [7, 11) is 1.03. The molecule has 0 fully saturated rings. The van der Waals surface area contributed by atoms with Crippen LogP contribution in [0.5, 0.6) is 17.2 Å². The van der Waals surface area contributed by atoms with Crippen molar-refractivity contribution in [3.8, 4) is 17.2 Å². The van der Waals surface area contributed by atoms with Gasteiger partial charge in [-0.05, 0) is 0 Å². The molecule has 154 valence electrons. The van der Waals surface area contributed by atoms with E-state index in [0.29, 0.717) is 27.5 Å². The van der Waals surface area contributed by atoms with Crippen LogP contribution in [0.4, 0.5) is 0 Å². The van der Waals surface area contributed by atoms with Gasteiger partial charge in [-0.3, -0.25) is 0 Å². The molecule has 0 heterocycles. The number of ether oxygens (including phenoxy) is 3. The van der Waals surface area contributed by atoms with Crippen molar-refractivity contribution in [2.24, 2.45) is 5.14 Å². The van der Waals surface area contributed by atoms with Gasteiger partial charge in [0.05, 0.1) is 0 Å². The fourth-order valence-electron chi connectivity index (χ4n) is 2.30. The Bertz CT molecular complexity index is 864. The maximum atomic E-state index is 11.3. The minimum atomic E-state index is -3.69. The predicted octanol–water partition coefficient (Wildman–Crippen LogP) is 1.26. The van der Waals surface area contributed by atoms with Gasteiger partial charge in [0.25, 0.3) is 0 Å². The third kappa shape index (κ3) is 6.44. The van der Waals surface area contributed by atoms with Crippen LogP contribution in [0.1, 0.15) is 0 Å². The molecule has 1 unspecified atom stereocenters. The summed E-state index contributed by atoms with van der Waals surface area (Å²) in [6.07, 6.45) is -0.468. The quantitative estimate of drug-likeness (QED) is 0.345. The summed E-state index contributed by atoms with van der Waals surface area (Å²) >= 11 is 0.815. The molecule has 7 nitrogen and oxygen atoms in total. The second-order valence-corrected chi connectivity index (χ2v) is 11.4. The number of primary sulfonamides is 1. The zero-order valence-corrected chi connectivity index (χ0v) is 19.7. The zero-order chi connectivity index (χ0) is 20.7. The van der Waals surface area contributed by atoms with E-state index in [0.717, 1.165) is 8.51 Å². The van der Waals surface area contributed by atoms with Crippen LogP contribution in [0.15, 0.2) is 46.2 Å². The first-order chi connectivity index (χ1) is 13.3. The molecular weight excluding hydrogens is 518 g/mol. The van der Waals surface area contributed by atoms with Gasteiger partial charge >= 0.3 is 180 Å². The first-order valence-electron chi connectivity index (χ1n) is 8.15. The topological polar surface area (TPSA) is 108 Å². The second-order valence-electron chi connectivity index (χ2n) is 5.65. The molecule has 0 saturated carbocycles. The van der Waals surface area contributed by atoms with Gasteiger partial charge in [0.15, 0.2) is 0 Å². The normalized spacial score (nSPS) is 12.5. The molecule has 0 aliphatic heterocycles. The first kappa shape index (κ1) is 23.1. The van der Waals surface area contributed by atoms with Crippen molar-refractivity contribution in [1.82, 2.24) is 0 Å². The number of aliphatic hydroxyl groups is 1. The van der Waals surface area contributed by atoms with Gasteiger partial charge in [0.2, 0.25) is 0 Å². The van der Waals surface area contributed by atoms with Crippen LogP contribution in [-0.4, -0.2) is 67.6 Å². The molecule has 0 saturated heterocycles. The standard InChI is InChI=1S/C18H23NO6S2Te/c1-23-16-8-15(9-17(24-2)18(16)25-3)28-11-12(20)10-26-13-4-6-14(7-5-13)27(19,21)22/h4-9,12,20H,10-11H2,1-3H3,(H2,19,21,22). The van der Waals surface area contributed by atoms with Crippen molar-refractivity contribution < 1.29 is 27.7 Å². The van der Waals surface area contributed by atoms with Crippen LogP contribution in [0.3, 0.4) is 0 Å². The number of rotatable bonds is 10. The number of thioether (sulfide) groups is 1. The van der Waals surface area contributed by atoms with Crippen LogP contribution < -0.4 is 23.0 Å². The van der Waals surface area contributed by atoms with Crippen molar-refractivity contribution in [3.63, 3.8) is 0 Å². The Morgan fingerprint density at radius 1 is 1.07 bits per heavy atom.